The molecule has 1 fully saturated rings. The number of carbonyl (C=O) groups excluding carboxylic acids is 1. The first kappa shape index (κ1) is 18.4. The number of anilines is 3. The Kier molecular flexibility index (Phi) is 5.00. The first-order valence-corrected chi connectivity index (χ1v) is 9.40. The first-order chi connectivity index (χ1) is 13.6. The van der Waals surface area contributed by atoms with Crippen molar-refractivity contribution in [2.45, 2.75) is 6.92 Å². The number of nitrogens with zero attached hydrogens (tertiary/aromatic N) is 2. The predicted molar refractivity (Wildman–Crippen MR) is 107 cm³/mol. The molecule has 0 unspecified atom stereocenters. The van der Waals surface area contributed by atoms with Gasteiger partial charge in [-0.05, 0) is 36.9 Å². The molecule has 5 nitrogen and oxygen atoms in total. The number of carbonyl (C=O) groups is 1. The van der Waals surface area contributed by atoms with E-state index in [9.17, 15) is 13.6 Å². The van der Waals surface area contributed by atoms with Gasteiger partial charge >= 0.3 is 0 Å². The number of fused-ring (bicyclic) bond motifs is 1. The van der Waals surface area contributed by atoms with Crippen molar-refractivity contribution in [3.8, 4) is 0 Å². The predicted octanol–water partition coefficient (Wildman–Crippen LogP) is 3.51. The largest absolute Gasteiger partial charge is 0.367 e. The summed E-state index contributed by atoms with van der Waals surface area (Å²) in [6, 6.07) is 9.38. The minimum atomic E-state index is -0.475. The van der Waals surface area contributed by atoms with Crippen LogP contribution in [-0.4, -0.2) is 43.5 Å². The Bertz CT molecular complexity index is 936. The topological polar surface area (TPSA) is 47.6 Å². The molecule has 0 atom stereocenters. The Morgan fingerprint density at radius 2 is 1.89 bits per heavy atom. The number of hydrogen-bond donors (Lipinski definition) is 2. The van der Waals surface area contributed by atoms with Crippen LogP contribution < -0.4 is 15.5 Å². The zero-order valence-corrected chi connectivity index (χ0v) is 15.6. The summed E-state index contributed by atoms with van der Waals surface area (Å²) < 4.78 is 28.7. The molecule has 2 heterocycles. The van der Waals surface area contributed by atoms with Gasteiger partial charge in [-0.15, -0.1) is 0 Å². The van der Waals surface area contributed by atoms with Crippen molar-refractivity contribution in [1.29, 1.82) is 0 Å². The minimum absolute atomic E-state index is 0.188. The molecule has 2 aliphatic rings. The molecule has 0 spiro atoms. The van der Waals surface area contributed by atoms with Gasteiger partial charge in [-0.2, -0.15) is 0 Å². The Morgan fingerprint density at radius 1 is 1.11 bits per heavy atom. The van der Waals surface area contributed by atoms with Crippen molar-refractivity contribution in [2.75, 3.05) is 48.3 Å². The van der Waals surface area contributed by atoms with Crippen molar-refractivity contribution in [2.24, 2.45) is 0 Å². The van der Waals surface area contributed by atoms with Crippen molar-refractivity contribution < 1.29 is 13.6 Å². The molecule has 7 heteroatoms. The maximum atomic E-state index is 14.6. The SMILES string of the molecule is CCN1CCN(c2ccc(NC=C3C(=O)Nc4cccc(F)c43)cc2F)CC1. The third-order valence-corrected chi connectivity index (χ3v) is 5.27. The zero-order valence-electron chi connectivity index (χ0n) is 15.6. The van der Waals surface area contributed by atoms with Crippen LogP contribution in [0.25, 0.3) is 5.57 Å². The smallest absolute Gasteiger partial charge is 0.257 e. The van der Waals surface area contributed by atoms with Crippen molar-refractivity contribution in [3.05, 3.63) is 59.8 Å². The molecule has 0 radical (unpaired) electrons. The molecule has 146 valence electrons. The van der Waals surface area contributed by atoms with E-state index in [0.29, 0.717) is 17.1 Å². The Labute approximate surface area is 162 Å². The van der Waals surface area contributed by atoms with E-state index in [2.05, 4.69) is 22.5 Å². The normalized spacial score (nSPS) is 18.3. The summed E-state index contributed by atoms with van der Waals surface area (Å²) >= 11 is 0. The standard InChI is InChI=1S/C21H22F2N4O/c1-2-26-8-10-27(11-9-26)19-7-6-14(12-17(19)23)24-13-15-20-16(22)4-3-5-18(20)25-21(15)28/h3-7,12-13,24H,2,8-11H2,1H3,(H,25,28). The quantitative estimate of drug-likeness (QED) is 0.792. The molecule has 0 aromatic heterocycles. The van der Waals surface area contributed by atoms with E-state index >= 15 is 0 Å². The lowest BCUT2D eigenvalue weighted by Crippen LogP contribution is -2.46. The van der Waals surface area contributed by atoms with Crippen molar-refractivity contribution in [1.82, 2.24) is 4.90 Å². The lowest BCUT2D eigenvalue weighted by atomic mass is 10.1. The van der Waals surface area contributed by atoms with Gasteiger partial charge in [0.25, 0.3) is 5.91 Å². The number of piperazine rings is 1. The van der Waals surface area contributed by atoms with Crippen LogP contribution in [0.5, 0.6) is 0 Å². The Balaban J connectivity index is 1.51. The van der Waals surface area contributed by atoms with E-state index < -0.39 is 11.7 Å². The fourth-order valence-electron chi connectivity index (χ4n) is 3.66. The average molecular weight is 384 g/mol. The minimum Gasteiger partial charge on any atom is -0.367 e. The highest BCUT2D eigenvalue weighted by Gasteiger charge is 2.27. The summed E-state index contributed by atoms with van der Waals surface area (Å²) in [6.07, 6.45) is 1.42. The molecular formula is C21H22F2N4O. The molecule has 0 saturated carbocycles. The third kappa shape index (κ3) is 3.45. The summed E-state index contributed by atoms with van der Waals surface area (Å²) in [5.74, 6) is -1.19. The molecule has 1 saturated heterocycles. The van der Waals surface area contributed by atoms with Crippen LogP contribution in [0.4, 0.5) is 25.8 Å². The van der Waals surface area contributed by atoms with Gasteiger partial charge in [-0.25, -0.2) is 8.78 Å². The number of likely N-dealkylation sites (N-methyl/N-ethyl adjacent to an activating group) is 1. The average Bonchev–Trinajstić information content (AvgIpc) is 3.03. The molecule has 2 aromatic rings. The van der Waals surface area contributed by atoms with E-state index in [1.165, 1.54) is 18.3 Å². The van der Waals surface area contributed by atoms with Crippen LogP contribution >= 0.6 is 0 Å². The van der Waals surface area contributed by atoms with E-state index in [4.69, 9.17) is 0 Å². The molecule has 2 aromatic carbocycles. The second-order valence-electron chi connectivity index (χ2n) is 6.91. The fourth-order valence-corrected chi connectivity index (χ4v) is 3.66. The maximum absolute atomic E-state index is 14.6. The molecule has 0 aliphatic carbocycles. The number of amides is 1. The lowest BCUT2D eigenvalue weighted by Gasteiger charge is -2.35. The highest BCUT2D eigenvalue weighted by Crippen LogP contribution is 2.34. The third-order valence-electron chi connectivity index (χ3n) is 5.27. The summed E-state index contributed by atoms with van der Waals surface area (Å²) in [4.78, 5) is 16.5. The van der Waals surface area contributed by atoms with Crippen LogP contribution in [0.3, 0.4) is 0 Å². The number of halogens is 2. The van der Waals surface area contributed by atoms with E-state index in [-0.39, 0.29) is 17.0 Å². The van der Waals surface area contributed by atoms with Crippen LogP contribution in [0.2, 0.25) is 0 Å². The first-order valence-electron chi connectivity index (χ1n) is 9.40. The number of nitrogens with one attached hydrogen (secondary N) is 2. The van der Waals surface area contributed by atoms with Crippen LogP contribution in [0.1, 0.15) is 12.5 Å². The van der Waals surface area contributed by atoms with Gasteiger partial charge in [-0.3, -0.25) is 4.79 Å². The Hall–Kier alpha value is -2.93. The van der Waals surface area contributed by atoms with Gasteiger partial charge in [0, 0.05) is 43.6 Å². The van der Waals surface area contributed by atoms with Crippen molar-refractivity contribution >= 4 is 28.5 Å². The summed E-state index contributed by atoms with van der Waals surface area (Å²) in [5, 5.41) is 5.54. The monoisotopic (exact) mass is 384 g/mol. The van der Waals surface area contributed by atoms with Crippen LogP contribution in [0, 0.1) is 11.6 Å². The second kappa shape index (κ2) is 7.59. The van der Waals surface area contributed by atoms with Gasteiger partial charge in [0.2, 0.25) is 0 Å². The Morgan fingerprint density at radius 3 is 2.61 bits per heavy atom. The van der Waals surface area contributed by atoms with Crippen LogP contribution in [-0.2, 0) is 4.79 Å². The molecular weight excluding hydrogens is 362 g/mol. The highest BCUT2D eigenvalue weighted by molar-refractivity contribution is 6.31. The van der Waals surface area contributed by atoms with E-state index in [1.807, 2.05) is 4.90 Å². The van der Waals surface area contributed by atoms with Crippen LogP contribution in [0.15, 0.2) is 42.6 Å². The summed E-state index contributed by atoms with van der Waals surface area (Å²) in [6.45, 7) is 6.55. The summed E-state index contributed by atoms with van der Waals surface area (Å²) in [7, 11) is 0. The van der Waals surface area contributed by atoms with Gasteiger partial charge in [0.15, 0.2) is 0 Å². The molecule has 2 N–H and O–H groups in total. The molecule has 28 heavy (non-hydrogen) atoms. The van der Waals surface area contributed by atoms with Gasteiger partial charge < -0.3 is 20.4 Å². The van der Waals surface area contributed by atoms with Crippen molar-refractivity contribution in [3.63, 3.8) is 0 Å². The number of rotatable bonds is 4. The highest BCUT2D eigenvalue weighted by atomic mass is 19.1. The van der Waals surface area contributed by atoms with Gasteiger partial charge in [0.1, 0.15) is 11.6 Å². The van der Waals surface area contributed by atoms with Gasteiger partial charge in [0.05, 0.1) is 16.9 Å². The number of benzene rings is 2. The maximum Gasteiger partial charge on any atom is 0.257 e. The molecule has 4 rings (SSSR count). The zero-order chi connectivity index (χ0) is 19.7. The number of hydrogen-bond acceptors (Lipinski definition) is 4. The molecule has 2 aliphatic heterocycles. The molecule has 1 amide bonds. The van der Waals surface area contributed by atoms with Gasteiger partial charge in [-0.1, -0.05) is 13.0 Å². The lowest BCUT2D eigenvalue weighted by molar-refractivity contribution is -0.110. The van der Waals surface area contributed by atoms with E-state index in [1.54, 1.807) is 24.3 Å². The second-order valence-corrected chi connectivity index (χ2v) is 6.91. The summed E-state index contributed by atoms with van der Waals surface area (Å²) in [5.41, 5.74) is 1.92. The van der Waals surface area contributed by atoms with E-state index in [0.717, 1.165) is 32.7 Å². The molecule has 0 bridgehead atoms. The fraction of sp³-hybridized carbons (Fsp3) is 0.286.